The Morgan fingerprint density at radius 1 is 1.38 bits per heavy atom. The summed E-state index contributed by atoms with van der Waals surface area (Å²) in [7, 11) is 0. The first-order valence-electron chi connectivity index (χ1n) is 5.98. The van der Waals surface area contributed by atoms with Gasteiger partial charge in [0.15, 0.2) is 0 Å². The molecule has 0 bridgehead atoms. The Balaban J connectivity index is 1.74. The molecule has 0 unspecified atom stereocenters. The molecule has 1 N–H and O–H groups in total. The second-order valence-corrected chi connectivity index (χ2v) is 4.41. The lowest BCUT2D eigenvalue weighted by atomic mass is 10.0. The SMILES string of the molecule is N#Cc1ccc(NCCC2CCCC2)cn1. The van der Waals surface area contributed by atoms with Crippen molar-refractivity contribution in [3.63, 3.8) is 0 Å². The molecule has 1 fully saturated rings. The van der Waals surface area contributed by atoms with Gasteiger partial charge in [-0.3, -0.25) is 0 Å². The van der Waals surface area contributed by atoms with Gasteiger partial charge in [0, 0.05) is 6.54 Å². The molecule has 3 heteroatoms. The van der Waals surface area contributed by atoms with Crippen molar-refractivity contribution in [2.24, 2.45) is 5.92 Å². The third-order valence-corrected chi connectivity index (χ3v) is 3.23. The summed E-state index contributed by atoms with van der Waals surface area (Å²) >= 11 is 0. The van der Waals surface area contributed by atoms with Crippen LogP contribution in [-0.2, 0) is 0 Å². The third-order valence-electron chi connectivity index (χ3n) is 3.23. The molecule has 0 spiro atoms. The highest BCUT2D eigenvalue weighted by molar-refractivity contribution is 5.42. The summed E-state index contributed by atoms with van der Waals surface area (Å²) in [5.74, 6) is 0.916. The second kappa shape index (κ2) is 5.50. The van der Waals surface area contributed by atoms with Gasteiger partial charge < -0.3 is 5.32 Å². The zero-order valence-electron chi connectivity index (χ0n) is 9.45. The maximum absolute atomic E-state index is 8.62. The normalized spacial score (nSPS) is 15.9. The van der Waals surface area contributed by atoms with E-state index in [0.717, 1.165) is 18.2 Å². The third kappa shape index (κ3) is 2.96. The number of nitriles is 1. The minimum absolute atomic E-state index is 0.473. The summed E-state index contributed by atoms with van der Waals surface area (Å²) in [5, 5.41) is 12.0. The number of hydrogen-bond donors (Lipinski definition) is 1. The van der Waals surface area contributed by atoms with Crippen molar-refractivity contribution >= 4 is 5.69 Å². The van der Waals surface area contributed by atoms with E-state index in [-0.39, 0.29) is 0 Å². The molecule has 0 aliphatic heterocycles. The zero-order chi connectivity index (χ0) is 11.2. The lowest BCUT2D eigenvalue weighted by Gasteiger charge is -2.10. The van der Waals surface area contributed by atoms with E-state index in [1.807, 2.05) is 12.1 Å². The summed E-state index contributed by atoms with van der Waals surface area (Å²) < 4.78 is 0. The van der Waals surface area contributed by atoms with Crippen molar-refractivity contribution in [2.45, 2.75) is 32.1 Å². The maximum Gasteiger partial charge on any atom is 0.140 e. The van der Waals surface area contributed by atoms with Crippen LogP contribution < -0.4 is 5.32 Å². The van der Waals surface area contributed by atoms with Crippen molar-refractivity contribution in [2.75, 3.05) is 11.9 Å². The van der Waals surface area contributed by atoms with Crippen LogP contribution in [0.4, 0.5) is 5.69 Å². The quantitative estimate of drug-likeness (QED) is 0.840. The van der Waals surface area contributed by atoms with E-state index >= 15 is 0 Å². The molecular formula is C13H17N3. The molecule has 0 radical (unpaired) electrons. The van der Waals surface area contributed by atoms with Crippen molar-refractivity contribution in [3.05, 3.63) is 24.0 Å². The Hall–Kier alpha value is -1.56. The molecule has 1 aliphatic carbocycles. The summed E-state index contributed by atoms with van der Waals surface area (Å²) in [5.41, 5.74) is 1.48. The van der Waals surface area contributed by atoms with Gasteiger partial charge in [0.25, 0.3) is 0 Å². The van der Waals surface area contributed by atoms with Crippen LogP contribution >= 0.6 is 0 Å². The average molecular weight is 215 g/mol. The van der Waals surface area contributed by atoms with Crippen molar-refractivity contribution in [1.82, 2.24) is 4.98 Å². The Morgan fingerprint density at radius 2 is 2.19 bits per heavy atom. The molecule has 0 saturated heterocycles. The molecule has 1 aromatic rings. The summed E-state index contributed by atoms with van der Waals surface area (Å²) in [6, 6.07) is 5.68. The predicted molar refractivity (Wildman–Crippen MR) is 64.0 cm³/mol. The van der Waals surface area contributed by atoms with Gasteiger partial charge in [0.1, 0.15) is 11.8 Å². The summed E-state index contributed by atoms with van der Waals surface area (Å²) in [4.78, 5) is 4.02. The van der Waals surface area contributed by atoms with E-state index < -0.39 is 0 Å². The van der Waals surface area contributed by atoms with E-state index in [9.17, 15) is 0 Å². The molecule has 0 atom stereocenters. The molecule has 16 heavy (non-hydrogen) atoms. The first-order chi connectivity index (χ1) is 7.88. The van der Waals surface area contributed by atoms with Gasteiger partial charge in [0.05, 0.1) is 11.9 Å². The van der Waals surface area contributed by atoms with Crippen LogP contribution in [0.3, 0.4) is 0 Å². The van der Waals surface area contributed by atoms with Gasteiger partial charge >= 0.3 is 0 Å². The minimum Gasteiger partial charge on any atom is -0.384 e. The summed E-state index contributed by atoms with van der Waals surface area (Å²) in [6.07, 6.45) is 8.58. The van der Waals surface area contributed by atoms with E-state index in [4.69, 9.17) is 5.26 Å². The molecule has 84 valence electrons. The first kappa shape index (κ1) is 10.9. The molecule has 0 amide bonds. The van der Waals surface area contributed by atoms with Gasteiger partial charge in [-0.2, -0.15) is 5.26 Å². The van der Waals surface area contributed by atoms with Crippen LogP contribution in [0, 0.1) is 17.2 Å². The van der Waals surface area contributed by atoms with Gasteiger partial charge in [0.2, 0.25) is 0 Å². The monoisotopic (exact) mass is 215 g/mol. The van der Waals surface area contributed by atoms with Crippen molar-refractivity contribution < 1.29 is 0 Å². The Morgan fingerprint density at radius 3 is 2.81 bits per heavy atom. The zero-order valence-corrected chi connectivity index (χ0v) is 9.45. The number of nitrogens with zero attached hydrogens (tertiary/aromatic N) is 2. The fourth-order valence-corrected chi connectivity index (χ4v) is 2.28. The van der Waals surface area contributed by atoms with Crippen LogP contribution in [0.5, 0.6) is 0 Å². The maximum atomic E-state index is 8.62. The van der Waals surface area contributed by atoms with Crippen LogP contribution in [-0.4, -0.2) is 11.5 Å². The standard InChI is InChI=1S/C13H17N3/c14-9-12-5-6-13(10-16-12)15-8-7-11-3-1-2-4-11/h5-6,10-11,15H,1-4,7-8H2. The highest BCUT2D eigenvalue weighted by Crippen LogP contribution is 2.27. The first-order valence-corrected chi connectivity index (χ1v) is 5.98. The number of aromatic nitrogens is 1. The van der Waals surface area contributed by atoms with Crippen LogP contribution in [0.15, 0.2) is 18.3 Å². The number of rotatable bonds is 4. The Kier molecular flexibility index (Phi) is 3.76. The predicted octanol–water partition coefficient (Wildman–Crippen LogP) is 2.95. The fourth-order valence-electron chi connectivity index (χ4n) is 2.28. The van der Waals surface area contributed by atoms with Crippen LogP contribution in [0.2, 0.25) is 0 Å². The van der Waals surface area contributed by atoms with E-state index in [0.29, 0.717) is 5.69 Å². The Bertz CT molecular complexity index is 358. The second-order valence-electron chi connectivity index (χ2n) is 4.41. The van der Waals surface area contributed by atoms with Gasteiger partial charge in [-0.25, -0.2) is 4.98 Å². The van der Waals surface area contributed by atoms with Gasteiger partial charge in [-0.05, 0) is 24.5 Å². The topological polar surface area (TPSA) is 48.7 Å². The molecule has 1 saturated carbocycles. The average Bonchev–Trinajstić information content (AvgIpc) is 2.83. The van der Waals surface area contributed by atoms with Gasteiger partial charge in [-0.1, -0.05) is 25.7 Å². The van der Waals surface area contributed by atoms with Crippen molar-refractivity contribution in [1.29, 1.82) is 5.26 Å². The number of pyridine rings is 1. The molecule has 2 rings (SSSR count). The minimum atomic E-state index is 0.473. The van der Waals surface area contributed by atoms with E-state index in [2.05, 4.69) is 10.3 Å². The largest absolute Gasteiger partial charge is 0.384 e. The smallest absolute Gasteiger partial charge is 0.140 e. The fraction of sp³-hybridized carbons (Fsp3) is 0.538. The van der Waals surface area contributed by atoms with Gasteiger partial charge in [-0.15, -0.1) is 0 Å². The highest BCUT2D eigenvalue weighted by Gasteiger charge is 2.13. The highest BCUT2D eigenvalue weighted by atomic mass is 14.9. The number of anilines is 1. The number of hydrogen-bond acceptors (Lipinski definition) is 3. The van der Waals surface area contributed by atoms with Crippen LogP contribution in [0.25, 0.3) is 0 Å². The lowest BCUT2D eigenvalue weighted by molar-refractivity contribution is 0.518. The van der Waals surface area contributed by atoms with E-state index in [1.54, 1.807) is 12.3 Å². The summed E-state index contributed by atoms with van der Waals surface area (Å²) in [6.45, 7) is 1.01. The molecule has 1 aromatic heterocycles. The van der Waals surface area contributed by atoms with E-state index in [1.165, 1.54) is 32.1 Å². The molecule has 3 nitrogen and oxygen atoms in total. The van der Waals surface area contributed by atoms with Crippen molar-refractivity contribution in [3.8, 4) is 6.07 Å². The molecule has 1 heterocycles. The lowest BCUT2D eigenvalue weighted by Crippen LogP contribution is -2.06. The molecule has 0 aromatic carbocycles. The number of nitrogens with one attached hydrogen (secondary N) is 1. The van der Waals surface area contributed by atoms with Crippen LogP contribution in [0.1, 0.15) is 37.8 Å². The Labute approximate surface area is 96.5 Å². The molecule has 1 aliphatic rings. The molecular weight excluding hydrogens is 198 g/mol.